The maximum Gasteiger partial charge on any atom is 0.152 e. The normalized spacial score (nSPS) is 12.9. The topological polar surface area (TPSA) is 26.2 Å². The SMILES string of the molecule is COc1ccc2c(c1)c(CCN[Si](C)(C)C)cn2[Si](C)(C)C. The van der Waals surface area contributed by atoms with Crippen LogP contribution < -0.4 is 9.72 Å². The second-order valence-electron chi connectivity index (χ2n) is 8.01. The molecule has 0 atom stereocenters. The molecule has 1 N–H and O–H groups in total. The number of ether oxygens (including phenoxy) is 1. The van der Waals surface area contributed by atoms with Crippen LogP contribution in [0.2, 0.25) is 39.3 Å². The van der Waals surface area contributed by atoms with Crippen molar-refractivity contribution >= 4 is 27.4 Å². The van der Waals surface area contributed by atoms with Crippen molar-refractivity contribution in [1.82, 2.24) is 9.22 Å². The molecule has 122 valence electrons. The molecule has 0 amide bonds. The highest BCUT2D eigenvalue weighted by molar-refractivity contribution is 6.75. The minimum absolute atomic E-state index is 0.945. The summed E-state index contributed by atoms with van der Waals surface area (Å²) in [5.74, 6) is 0.945. The van der Waals surface area contributed by atoms with Gasteiger partial charge in [-0.2, -0.15) is 0 Å². The first-order valence-corrected chi connectivity index (χ1v) is 15.0. The van der Waals surface area contributed by atoms with Gasteiger partial charge in [-0.3, -0.25) is 0 Å². The van der Waals surface area contributed by atoms with Crippen LogP contribution in [0.1, 0.15) is 5.56 Å². The Morgan fingerprint density at radius 2 is 1.77 bits per heavy atom. The van der Waals surface area contributed by atoms with E-state index in [1.165, 1.54) is 16.5 Å². The predicted octanol–water partition coefficient (Wildman–Crippen LogP) is 4.30. The maximum absolute atomic E-state index is 5.42. The Morgan fingerprint density at radius 3 is 2.32 bits per heavy atom. The molecule has 0 radical (unpaired) electrons. The van der Waals surface area contributed by atoms with Gasteiger partial charge in [-0.25, -0.2) is 0 Å². The third-order valence-corrected chi connectivity index (χ3v) is 6.99. The van der Waals surface area contributed by atoms with E-state index in [1.807, 2.05) is 0 Å². The Kier molecular flexibility index (Phi) is 4.89. The van der Waals surface area contributed by atoms with E-state index >= 15 is 0 Å². The third kappa shape index (κ3) is 4.03. The van der Waals surface area contributed by atoms with Crippen LogP contribution in [0.25, 0.3) is 10.9 Å². The molecule has 0 bridgehead atoms. The second-order valence-corrected chi connectivity index (χ2v) is 17.7. The van der Waals surface area contributed by atoms with Crippen molar-refractivity contribution in [2.45, 2.75) is 45.7 Å². The highest BCUT2D eigenvalue weighted by Gasteiger charge is 2.21. The Hall–Kier alpha value is -1.05. The standard InChI is InChI=1S/C17H30N2OSi2/c1-20-15-8-9-17-16(12-15)14(10-11-18-21(2,3)4)13-19(17)22(5,6)7/h8-9,12-13,18H,10-11H2,1-7H3. The maximum atomic E-state index is 5.42. The molecule has 5 heteroatoms. The van der Waals surface area contributed by atoms with Gasteiger partial charge in [0.05, 0.1) is 7.11 Å². The van der Waals surface area contributed by atoms with E-state index in [-0.39, 0.29) is 0 Å². The molecule has 0 spiro atoms. The molecule has 0 saturated carbocycles. The zero-order chi connectivity index (χ0) is 16.5. The number of hydrogen-bond donors (Lipinski definition) is 1. The van der Waals surface area contributed by atoms with Crippen LogP contribution in [0.3, 0.4) is 0 Å². The van der Waals surface area contributed by atoms with Crippen LogP contribution in [0.4, 0.5) is 0 Å². The highest BCUT2D eigenvalue weighted by Crippen LogP contribution is 2.28. The van der Waals surface area contributed by atoms with Crippen molar-refractivity contribution in [2.24, 2.45) is 0 Å². The van der Waals surface area contributed by atoms with Gasteiger partial charge in [-0.05, 0) is 42.9 Å². The Morgan fingerprint density at radius 1 is 1.09 bits per heavy atom. The predicted molar refractivity (Wildman–Crippen MR) is 102 cm³/mol. The fourth-order valence-corrected chi connectivity index (χ4v) is 5.07. The summed E-state index contributed by atoms with van der Waals surface area (Å²) in [6.45, 7) is 15.3. The lowest BCUT2D eigenvalue weighted by Crippen LogP contribution is -2.42. The van der Waals surface area contributed by atoms with Gasteiger partial charge in [0.25, 0.3) is 0 Å². The van der Waals surface area contributed by atoms with E-state index < -0.39 is 16.5 Å². The lowest BCUT2D eigenvalue weighted by atomic mass is 10.1. The van der Waals surface area contributed by atoms with E-state index in [0.29, 0.717) is 0 Å². The lowest BCUT2D eigenvalue weighted by Gasteiger charge is -2.20. The molecule has 1 heterocycles. The van der Waals surface area contributed by atoms with Gasteiger partial charge in [0.2, 0.25) is 0 Å². The summed E-state index contributed by atoms with van der Waals surface area (Å²) >= 11 is 0. The largest absolute Gasteiger partial charge is 0.497 e. The molecule has 0 saturated heterocycles. The van der Waals surface area contributed by atoms with Crippen LogP contribution in [-0.2, 0) is 6.42 Å². The average Bonchev–Trinajstić information content (AvgIpc) is 2.75. The van der Waals surface area contributed by atoms with Gasteiger partial charge in [-0.15, -0.1) is 0 Å². The van der Waals surface area contributed by atoms with Gasteiger partial charge >= 0.3 is 0 Å². The van der Waals surface area contributed by atoms with Crippen molar-refractivity contribution in [1.29, 1.82) is 0 Å². The molecule has 0 fully saturated rings. The molecular formula is C17H30N2OSi2. The van der Waals surface area contributed by atoms with E-state index in [2.05, 4.69) is 72.9 Å². The molecular weight excluding hydrogens is 304 g/mol. The summed E-state index contributed by atoms with van der Waals surface area (Å²) < 4.78 is 7.94. The zero-order valence-electron chi connectivity index (χ0n) is 15.1. The number of benzene rings is 1. The monoisotopic (exact) mass is 334 g/mol. The first-order valence-electron chi connectivity index (χ1n) is 8.05. The summed E-state index contributed by atoms with van der Waals surface area (Å²) in [5.41, 5.74) is 2.78. The van der Waals surface area contributed by atoms with Crippen LogP contribution in [-0.4, -0.2) is 34.4 Å². The third-order valence-electron chi connectivity index (χ3n) is 3.87. The first kappa shape index (κ1) is 17.3. The van der Waals surface area contributed by atoms with Gasteiger partial charge in [0.15, 0.2) is 8.24 Å². The van der Waals surface area contributed by atoms with Crippen LogP contribution in [0, 0.1) is 0 Å². The van der Waals surface area contributed by atoms with Crippen molar-refractivity contribution in [2.75, 3.05) is 13.7 Å². The molecule has 1 aromatic heterocycles. The van der Waals surface area contributed by atoms with E-state index in [9.17, 15) is 0 Å². The number of nitrogens with zero attached hydrogens (tertiary/aromatic N) is 1. The summed E-state index contributed by atoms with van der Waals surface area (Å²) in [5, 5.41) is 1.35. The summed E-state index contributed by atoms with van der Waals surface area (Å²) in [4.78, 5) is 3.72. The second kappa shape index (κ2) is 6.22. The fourth-order valence-electron chi connectivity index (χ4n) is 2.73. The summed E-state index contributed by atoms with van der Waals surface area (Å²) in [7, 11) is -0.876. The van der Waals surface area contributed by atoms with Crippen molar-refractivity contribution in [3.05, 3.63) is 30.0 Å². The highest BCUT2D eigenvalue weighted by atomic mass is 28.3. The molecule has 3 nitrogen and oxygen atoms in total. The van der Waals surface area contributed by atoms with Crippen LogP contribution >= 0.6 is 0 Å². The van der Waals surface area contributed by atoms with Crippen LogP contribution in [0.15, 0.2) is 24.4 Å². The first-order chi connectivity index (χ1) is 10.1. The fraction of sp³-hybridized carbons (Fsp3) is 0.529. The van der Waals surface area contributed by atoms with Crippen molar-refractivity contribution in [3.63, 3.8) is 0 Å². The molecule has 0 aliphatic heterocycles. The summed E-state index contributed by atoms with van der Waals surface area (Å²) in [6, 6.07) is 6.47. The number of hydrogen-bond acceptors (Lipinski definition) is 2. The Labute approximate surface area is 136 Å². The molecule has 0 aliphatic carbocycles. The van der Waals surface area contributed by atoms with Gasteiger partial charge < -0.3 is 14.0 Å². The molecule has 0 unspecified atom stereocenters. The molecule has 2 rings (SSSR count). The lowest BCUT2D eigenvalue weighted by molar-refractivity contribution is 0.415. The van der Waals surface area contributed by atoms with Crippen molar-refractivity contribution < 1.29 is 4.74 Å². The average molecular weight is 335 g/mol. The number of aromatic nitrogens is 1. The Bertz CT molecular complexity index is 651. The van der Waals surface area contributed by atoms with E-state index in [1.54, 1.807) is 7.11 Å². The molecule has 1 aromatic carbocycles. The number of methoxy groups -OCH3 is 1. The number of rotatable bonds is 6. The molecule has 2 aromatic rings. The number of nitrogens with one attached hydrogen (secondary N) is 1. The smallest absolute Gasteiger partial charge is 0.152 e. The minimum atomic E-state index is -1.42. The minimum Gasteiger partial charge on any atom is -0.497 e. The molecule has 22 heavy (non-hydrogen) atoms. The van der Waals surface area contributed by atoms with Gasteiger partial charge in [-0.1, -0.05) is 39.3 Å². The quantitative estimate of drug-likeness (QED) is 0.797. The molecule has 0 aliphatic rings. The van der Waals surface area contributed by atoms with Gasteiger partial charge in [0, 0.05) is 10.9 Å². The Balaban J connectivity index is 2.39. The summed E-state index contributed by atoms with van der Waals surface area (Å²) in [6.07, 6.45) is 3.45. The van der Waals surface area contributed by atoms with Crippen LogP contribution in [0.5, 0.6) is 5.75 Å². The van der Waals surface area contributed by atoms with Crippen molar-refractivity contribution in [3.8, 4) is 5.75 Å². The van der Waals surface area contributed by atoms with Gasteiger partial charge in [0.1, 0.15) is 14.0 Å². The van der Waals surface area contributed by atoms with E-state index in [4.69, 9.17) is 4.74 Å². The number of fused-ring (bicyclic) bond motifs is 1. The zero-order valence-corrected chi connectivity index (χ0v) is 17.1. The van der Waals surface area contributed by atoms with E-state index in [0.717, 1.165) is 18.7 Å².